The number of hydrogen-bond donors (Lipinski definition) is 1. The summed E-state index contributed by atoms with van der Waals surface area (Å²) in [4.78, 5) is 48.1. The van der Waals surface area contributed by atoms with E-state index in [1.54, 1.807) is 18.2 Å². The summed E-state index contributed by atoms with van der Waals surface area (Å²) < 4.78 is 30.2. The van der Waals surface area contributed by atoms with E-state index in [1.165, 1.54) is 16.2 Å². The van der Waals surface area contributed by atoms with Crippen LogP contribution in [0.4, 0.5) is 0 Å². The number of sulfonamides is 1. The van der Waals surface area contributed by atoms with Gasteiger partial charge in [-0.05, 0) is 72.9 Å². The maximum atomic E-state index is 13.5. The third-order valence-electron chi connectivity index (χ3n) is 9.08. The van der Waals surface area contributed by atoms with Crippen molar-refractivity contribution in [3.8, 4) is 0 Å². The minimum atomic E-state index is -3.95. The molecule has 1 aromatic carbocycles. The zero-order chi connectivity index (χ0) is 31.6. The summed E-state index contributed by atoms with van der Waals surface area (Å²) in [6.07, 6.45) is 9.27. The number of nitrogens with zero attached hydrogens (tertiary/aromatic N) is 4. The Morgan fingerprint density at radius 1 is 1.00 bits per heavy atom. The van der Waals surface area contributed by atoms with Crippen molar-refractivity contribution in [1.82, 2.24) is 24.3 Å². The first kappa shape index (κ1) is 32.1. The van der Waals surface area contributed by atoms with Crippen molar-refractivity contribution in [2.24, 2.45) is 0 Å². The first-order chi connectivity index (χ1) is 21.7. The number of piperidine rings is 1. The summed E-state index contributed by atoms with van der Waals surface area (Å²) in [5.41, 5.74) is 1.84. The Kier molecular flexibility index (Phi) is 9.90. The molecule has 3 aliphatic heterocycles. The Bertz CT molecular complexity index is 1600. The number of fused-ring (bicyclic) bond motifs is 1. The molecule has 0 spiro atoms. The molecule has 1 aliphatic carbocycles. The highest BCUT2D eigenvalue weighted by Gasteiger charge is 2.37. The van der Waals surface area contributed by atoms with Gasteiger partial charge in [0.2, 0.25) is 21.8 Å². The number of nitrogens with one attached hydrogen (secondary N) is 1. The van der Waals surface area contributed by atoms with Gasteiger partial charge in [-0.1, -0.05) is 40.2 Å². The molecule has 0 bridgehead atoms. The lowest BCUT2D eigenvalue weighted by Crippen LogP contribution is -2.56. The second-order valence-electron chi connectivity index (χ2n) is 12.0. The standard InChI is InChI=1S/C32H38BrN5O5S2/c33-25-10-7-23-9-12-27(20-24(23)8-11-25)45(42,43)34-28-5-2-13-37(31(28)40)22-30(39)38-14-1-4-26(38)21-35-15-17-36(18-16-35)32(41)29-6-3-19-44-29/h3,6,8-12,19-20,26,28,34H,1-2,4-5,7,13-18,21-22H2/t26-,28-/m0/s1. The fourth-order valence-electron chi connectivity index (χ4n) is 6.58. The number of allylic oxidation sites excluding steroid dienone is 3. The topological polar surface area (TPSA) is 110 Å². The van der Waals surface area contributed by atoms with Gasteiger partial charge >= 0.3 is 0 Å². The van der Waals surface area contributed by atoms with E-state index in [9.17, 15) is 22.8 Å². The second-order valence-corrected chi connectivity index (χ2v) is 15.6. The molecule has 4 aliphatic rings. The Morgan fingerprint density at radius 3 is 2.58 bits per heavy atom. The largest absolute Gasteiger partial charge is 0.337 e. The average molecular weight is 717 g/mol. The van der Waals surface area contributed by atoms with Gasteiger partial charge in [-0.15, -0.1) is 11.3 Å². The van der Waals surface area contributed by atoms with Gasteiger partial charge in [-0.25, -0.2) is 8.42 Å². The molecular weight excluding hydrogens is 678 g/mol. The average Bonchev–Trinajstić information content (AvgIpc) is 3.70. The van der Waals surface area contributed by atoms with Crippen molar-refractivity contribution in [3.05, 3.63) is 68.4 Å². The number of piperazine rings is 1. The number of benzene rings is 1. The van der Waals surface area contributed by atoms with E-state index in [0.29, 0.717) is 45.4 Å². The molecule has 6 rings (SSSR count). The second kappa shape index (κ2) is 13.9. The van der Waals surface area contributed by atoms with Gasteiger partial charge in [0.15, 0.2) is 0 Å². The minimum absolute atomic E-state index is 0.0534. The molecule has 10 nitrogen and oxygen atoms in total. The highest BCUT2D eigenvalue weighted by atomic mass is 79.9. The number of carbonyl (C=O) groups excluding carboxylic acids is 3. The van der Waals surface area contributed by atoms with Gasteiger partial charge in [0, 0.05) is 56.3 Å². The van der Waals surface area contributed by atoms with E-state index in [4.69, 9.17) is 0 Å². The zero-order valence-electron chi connectivity index (χ0n) is 25.1. The normalized spacial score (nSPS) is 22.7. The lowest BCUT2D eigenvalue weighted by Gasteiger charge is -2.38. The molecule has 3 amide bonds. The van der Waals surface area contributed by atoms with Crippen LogP contribution in [0.3, 0.4) is 0 Å². The molecule has 240 valence electrons. The maximum Gasteiger partial charge on any atom is 0.264 e. The summed E-state index contributed by atoms with van der Waals surface area (Å²) in [7, 11) is -3.95. The van der Waals surface area contributed by atoms with E-state index in [-0.39, 0.29) is 35.2 Å². The monoisotopic (exact) mass is 715 g/mol. The fraction of sp³-hybridized carbons (Fsp3) is 0.469. The van der Waals surface area contributed by atoms with Crippen molar-refractivity contribution >= 4 is 61.1 Å². The lowest BCUT2D eigenvalue weighted by molar-refractivity contribution is -0.143. The van der Waals surface area contributed by atoms with Gasteiger partial charge in [-0.3, -0.25) is 19.3 Å². The van der Waals surface area contributed by atoms with Gasteiger partial charge in [0.25, 0.3) is 5.91 Å². The Balaban J connectivity index is 1.02. The summed E-state index contributed by atoms with van der Waals surface area (Å²) >= 11 is 4.93. The summed E-state index contributed by atoms with van der Waals surface area (Å²) in [6, 6.07) is 7.91. The fourth-order valence-corrected chi connectivity index (χ4v) is 8.83. The van der Waals surface area contributed by atoms with Crippen LogP contribution in [0.15, 0.2) is 57.2 Å². The Morgan fingerprint density at radius 2 is 1.80 bits per heavy atom. The molecule has 4 heterocycles. The molecule has 1 N–H and O–H groups in total. The van der Waals surface area contributed by atoms with Crippen LogP contribution in [-0.2, 0) is 26.0 Å². The number of thiophene rings is 1. The van der Waals surface area contributed by atoms with Gasteiger partial charge in [-0.2, -0.15) is 4.72 Å². The predicted octanol–water partition coefficient (Wildman–Crippen LogP) is 3.31. The van der Waals surface area contributed by atoms with E-state index >= 15 is 0 Å². The molecule has 3 fully saturated rings. The number of amides is 3. The van der Waals surface area contributed by atoms with Crippen molar-refractivity contribution < 1.29 is 22.8 Å². The molecule has 0 unspecified atom stereocenters. The van der Waals surface area contributed by atoms with Crippen molar-refractivity contribution in [3.63, 3.8) is 0 Å². The molecule has 1 aromatic heterocycles. The zero-order valence-corrected chi connectivity index (χ0v) is 28.3. The first-order valence-corrected chi connectivity index (χ1v) is 18.7. The predicted molar refractivity (Wildman–Crippen MR) is 178 cm³/mol. The third kappa shape index (κ3) is 7.43. The molecular formula is C32H38BrN5O5S2. The molecule has 45 heavy (non-hydrogen) atoms. The SMILES string of the molecule is O=C(c1cccs1)N1CCN(C[C@@H]2CCCN2C(=O)CN2CCC[C@H](NS(=O)(=O)c3ccc4c(c3)C=CC(Br)=CC4)C2=O)CC1. The highest BCUT2D eigenvalue weighted by molar-refractivity contribution is 9.11. The minimum Gasteiger partial charge on any atom is -0.337 e. The third-order valence-corrected chi connectivity index (χ3v) is 12.0. The number of rotatable bonds is 8. The number of halogens is 1. The molecule has 0 saturated carbocycles. The summed E-state index contributed by atoms with van der Waals surface area (Å²) in [6.45, 7) is 4.61. The van der Waals surface area contributed by atoms with Crippen molar-refractivity contribution in [2.45, 2.75) is 49.1 Å². The highest BCUT2D eigenvalue weighted by Crippen LogP contribution is 2.25. The number of hydrogen-bond acceptors (Lipinski definition) is 7. The summed E-state index contributed by atoms with van der Waals surface area (Å²) in [5, 5.41) is 1.91. The van der Waals surface area contributed by atoms with Crippen LogP contribution in [0.25, 0.3) is 6.08 Å². The summed E-state index contributed by atoms with van der Waals surface area (Å²) in [5.74, 6) is -0.378. The van der Waals surface area contributed by atoms with E-state index < -0.39 is 16.1 Å². The lowest BCUT2D eigenvalue weighted by atomic mass is 10.1. The Labute approximate surface area is 276 Å². The van der Waals surface area contributed by atoms with E-state index in [1.807, 2.05) is 45.5 Å². The molecule has 0 radical (unpaired) electrons. The van der Waals surface area contributed by atoms with Gasteiger partial charge < -0.3 is 14.7 Å². The number of carbonyl (C=O) groups is 3. The van der Waals surface area contributed by atoms with Crippen LogP contribution in [0, 0.1) is 0 Å². The number of likely N-dealkylation sites (tertiary alicyclic amines) is 2. The van der Waals surface area contributed by atoms with Gasteiger partial charge in [0.1, 0.15) is 6.04 Å². The first-order valence-electron chi connectivity index (χ1n) is 15.5. The quantitative estimate of drug-likeness (QED) is 0.450. The maximum absolute atomic E-state index is 13.5. The van der Waals surface area contributed by atoms with Crippen LogP contribution in [0.1, 0.15) is 46.5 Å². The van der Waals surface area contributed by atoms with Crippen LogP contribution < -0.4 is 4.72 Å². The Hall–Kier alpha value is -2.84. The van der Waals surface area contributed by atoms with E-state index in [0.717, 1.165) is 53.0 Å². The van der Waals surface area contributed by atoms with Gasteiger partial charge in [0.05, 0.1) is 16.3 Å². The van der Waals surface area contributed by atoms with Crippen LogP contribution in [-0.4, -0.2) is 110 Å². The smallest absolute Gasteiger partial charge is 0.264 e. The van der Waals surface area contributed by atoms with Crippen LogP contribution in [0.2, 0.25) is 0 Å². The van der Waals surface area contributed by atoms with Crippen molar-refractivity contribution in [1.29, 1.82) is 0 Å². The van der Waals surface area contributed by atoms with Crippen molar-refractivity contribution in [2.75, 3.05) is 52.4 Å². The molecule has 3 saturated heterocycles. The molecule has 13 heteroatoms. The van der Waals surface area contributed by atoms with E-state index in [2.05, 4.69) is 25.6 Å². The molecule has 2 atom stereocenters. The molecule has 2 aromatic rings. The van der Waals surface area contributed by atoms with Crippen LogP contribution in [0.5, 0.6) is 0 Å². The van der Waals surface area contributed by atoms with Crippen LogP contribution >= 0.6 is 27.3 Å².